The SMILES string of the molecule is CC(Cc1cccs1)N(C)CC(O)c1ccccc1. The predicted molar refractivity (Wildman–Crippen MR) is 81.5 cm³/mol. The highest BCUT2D eigenvalue weighted by Crippen LogP contribution is 2.17. The molecule has 2 atom stereocenters. The molecular formula is C16H21NOS. The number of likely N-dealkylation sites (N-methyl/N-ethyl adjacent to an activating group) is 1. The fourth-order valence-electron chi connectivity index (χ4n) is 2.11. The van der Waals surface area contributed by atoms with E-state index >= 15 is 0 Å². The normalized spacial score (nSPS) is 14.5. The van der Waals surface area contributed by atoms with Crippen LogP contribution in [0.3, 0.4) is 0 Å². The van der Waals surface area contributed by atoms with Gasteiger partial charge in [0.25, 0.3) is 0 Å². The lowest BCUT2D eigenvalue weighted by molar-refractivity contribution is 0.108. The molecule has 0 amide bonds. The van der Waals surface area contributed by atoms with E-state index in [4.69, 9.17) is 0 Å². The molecule has 2 aromatic rings. The first-order valence-corrected chi connectivity index (χ1v) is 7.50. The molecule has 0 fully saturated rings. The van der Waals surface area contributed by atoms with Gasteiger partial charge in [-0.3, -0.25) is 0 Å². The van der Waals surface area contributed by atoms with E-state index in [0.717, 1.165) is 12.0 Å². The number of aliphatic hydroxyl groups is 1. The van der Waals surface area contributed by atoms with Gasteiger partial charge in [-0.25, -0.2) is 0 Å². The van der Waals surface area contributed by atoms with Crippen molar-refractivity contribution in [3.05, 3.63) is 58.3 Å². The minimum atomic E-state index is -0.419. The Hall–Kier alpha value is -1.16. The third-order valence-electron chi connectivity index (χ3n) is 3.47. The van der Waals surface area contributed by atoms with E-state index in [-0.39, 0.29) is 0 Å². The third-order valence-corrected chi connectivity index (χ3v) is 4.37. The minimum Gasteiger partial charge on any atom is -0.387 e. The highest BCUT2D eigenvalue weighted by atomic mass is 32.1. The lowest BCUT2D eigenvalue weighted by Crippen LogP contribution is -2.34. The summed E-state index contributed by atoms with van der Waals surface area (Å²) < 4.78 is 0. The first-order valence-electron chi connectivity index (χ1n) is 6.62. The van der Waals surface area contributed by atoms with E-state index in [9.17, 15) is 5.11 Å². The molecule has 0 spiro atoms. The second kappa shape index (κ2) is 6.85. The molecule has 2 nitrogen and oxygen atoms in total. The topological polar surface area (TPSA) is 23.5 Å². The van der Waals surface area contributed by atoms with Gasteiger partial charge >= 0.3 is 0 Å². The third kappa shape index (κ3) is 4.16. The monoisotopic (exact) mass is 275 g/mol. The van der Waals surface area contributed by atoms with Crippen LogP contribution >= 0.6 is 11.3 Å². The first-order chi connectivity index (χ1) is 9.16. The smallest absolute Gasteiger partial charge is 0.0916 e. The summed E-state index contributed by atoms with van der Waals surface area (Å²) in [5.41, 5.74) is 0.984. The maximum Gasteiger partial charge on any atom is 0.0916 e. The number of benzene rings is 1. The van der Waals surface area contributed by atoms with Crippen LogP contribution in [0.1, 0.15) is 23.5 Å². The quantitative estimate of drug-likeness (QED) is 0.874. The zero-order valence-corrected chi connectivity index (χ0v) is 12.3. The summed E-state index contributed by atoms with van der Waals surface area (Å²) in [4.78, 5) is 3.62. The molecule has 2 unspecified atom stereocenters. The zero-order chi connectivity index (χ0) is 13.7. The first kappa shape index (κ1) is 14.3. The zero-order valence-electron chi connectivity index (χ0n) is 11.5. The largest absolute Gasteiger partial charge is 0.387 e. The molecule has 1 heterocycles. The fourth-order valence-corrected chi connectivity index (χ4v) is 2.94. The van der Waals surface area contributed by atoms with Crippen LogP contribution in [0.2, 0.25) is 0 Å². The molecule has 19 heavy (non-hydrogen) atoms. The molecule has 0 saturated heterocycles. The van der Waals surface area contributed by atoms with Gasteiger partial charge in [-0.05, 0) is 37.4 Å². The van der Waals surface area contributed by atoms with E-state index in [2.05, 4.69) is 36.4 Å². The molecule has 3 heteroatoms. The molecule has 1 aromatic heterocycles. The van der Waals surface area contributed by atoms with Crippen molar-refractivity contribution in [2.75, 3.05) is 13.6 Å². The van der Waals surface area contributed by atoms with Crippen LogP contribution in [0.15, 0.2) is 47.8 Å². The van der Waals surface area contributed by atoms with Gasteiger partial charge in [0.05, 0.1) is 6.10 Å². The van der Waals surface area contributed by atoms with Gasteiger partial charge < -0.3 is 10.0 Å². The van der Waals surface area contributed by atoms with E-state index in [1.165, 1.54) is 4.88 Å². The Kier molecular flexibility index (Phi) is 5.14. The van der Waals surface area contributed by atoms with Gasteiger partial charge in [0, 0.05) is 17.5 Å². The summed E-state index contributed by atoms with van der Waals surface area (Å²) in [7, 11) is 2.07. The molecule has 1 aromatic carbocycles. The predicted octanol–water partition coefficient (Wildman–Crippen LogP) is 3.34. The van der Waals surface area contributed by atoms with E-state index in [1.807, 2.05) is 30.3 Å². The Morgan fingerprint density at radius 1 is 1.16 bits per heavy atom. The van der Waals surface area contributed by atoms with Gasteiger partial charge in [0.2, 0.25) is 0 Å². The summed E-state index contributed by atoms with van der Waals surface area (Å²) in [6.07, 6.45) is 0.618. The summed E-state index contributed by atoms with van der Waals surface area (Å²) in [6, 6.07) is 14.5. The van der Waals surface area contributed by atoms with Crippen molar-refractivity contribution in [3.8, 4) is 0 Å². The van der Waals surface area contributed by atoms with Crippen molar-refractivity contribution in [2.24, 2.45) is 0 Å². The summed E-state index contributed by atoms with van der Waals surface area (Å²) in [5, 5.41) is 12.3. The van der Waals surface area contributed by atoms with Gasteiger partial charge in [-0.2, -0.15) is 0 Å². The Labute approximate surface area is 119 Å². The van der Waals surface area contributed by atoms with E-state index in [0.29, 0.717) is 12.6 Å². The van der Waals surface area contributed by atoms with Gasteiger partial charge in [0.15, 0.2) is 0 Å². The molecule has 0 saturated carbocycles. The van der Waals surface area contributed by atoms with Gasteiger partial charge in [-0.1, -0.05) is 36.4 Å². The van der Waals surface area contributed by atoms with Crippen molar-refractivity contribution in [3.63, 3.8) is 0 Å². The summed E-state index contributed by atoms with van der Waals surface area (Å²) >= 11 is 1.79. The summed E-state index contributed by atoms with van der Waals surface area (Å²) in [6.45, 7) is 2.87. The van der Waals surface area contributed by atoms with Crippen LogP contribution in [-0.4, -0.2) is 29.6 Å². The number of hydrogen-bond acceptors (Lipinski definition) is 3. The van der Waals surface area contributed by atoms with Crippen molar-refractivity contribution in [2.45, 2.75) is 25.5 Å². The van der Waals surface area contributed by atoms with Crippen LogP contribution in [0.4, 0.5) is 0 Å². The van der Waals surface area contributed by atoms with Crippen molar-refractivity contribution < 1.29 is 5.11 Å². The average Bonchev–Trinajstić information content (AvgIpc) is 2.92. The fraction of sp³-hybridized carbons (Fsp3) is 0.375. The molecule has 0 radical (unpaired) electrons. The Bertz CT molecular complexity index is 469. The number of nitrogens with zero attached hydrogens (tertiary/aromatic N) is 1. The van der Waals surface area contributed by atoms with E-state index < -0.39 is 6.10 Å². The molecule has 2 rings (SSSR count). The summed E-state index contributed by atoms with van der Waals surface area (Å²) in [5.74, 6) is 0. The molecule has 0 aliphatic rings. The average molecular weight is 275 g/mol. The Morgan fingerprint density at radius 3 is 2.53 bits per heavy atom. The van der Waals surface area contributed by atoms with Crippen LogP contribution in [-0.2, 0) is 6.42 Å². The highest BCUT2D eigenvalue weighted by Gasteiger charge is 2.15. The maximum atomic E-state index is 10.2. The molecular weight excluding hydrogens is 254 g/mol. The van der Waals surface area contributed by atoms with Crippen LogP contribution in [0.25, 0.3) is 0 Å². The van der Waals surface area contributed by atoms with Crippen molar-refractivity contribution >= 4 is 11.3 Å². The number of thiophene rings is 1. The van der Waals surface area contributed by atoms with Gasteiger partial charge in [-0.15, -0.1) is 11.3 Å². The standard InChI is InChI=1S/C16H21NOS/c1-13(11-15-9-6-10-19-15)17(2)12-16(18)14-7-4-3-5-8-14/h3-10,13,16,18H,11-12H2,1-2H3. The lowest BCUT2D eigenvalue weighted by atomic mass is 10.1. The number of hydrogen-bond donors (Lipinski definition) is 1. The minimum absolute atomic E-state index is 0.419. The van der Waals surface area contributed by atoms with Crippen molar-refractivity contribution in [1.29, 1.82) is 0 Å². The van der Waals surface area contributed by atoms with Crippen molar-refractivity contribution in [1.82, 2.24) is 4.90 Å². The molecule has 0 aliphatic heterocycles. The van der Waals surface area contributed by atoms with Crippen LogP contribution in [0.5, 0.6) is 0 Å². The number of rotatable bonds is 6. The molecule has 0 aliphatic carbocycles. The number of aliphatic hydroxyl groups excluding tert-OH is 1. The molecule has 1 N–H and O–H groups in total. The molecule has 102 valence electrons. The second-order valence-electron chi connectivity index (χ2n) is 5.00. The van der Waals surface area contributed by atoms with Gasteiger partial charge in [0.1, 0.15) is 0 Å². The van der Waals surface area contributed by atoms with E-state index in [1.54, 1.807) is 11.3 Å². The molecule has 0 bridgehead atoms. The Balaban J connectivity index is 1.88. The van der Waals surface area contributed by atoms with Crippen LogP contribution < -0.4 is 0 Å². The second-order valence-corrected chi connectivity index (χ2v) is 6.03. The Morgan fingerprint density at radius 2 is 1.89 bits per heavy atom. The highest BCUT2D eigenvalue weighted by molar-refractivity contribution is 7.09. The maximum absolute atomic E-state index is 10.2. The van der Waals surface area contributed by atoms with Crippen LogP contribution in [0, 0.1) is 0 Å². The lowest BCUT2D eigenvalue weighted by Gasteiger charge is -2.26.